The molecule has 11 heteroatoms. The van der Waals surface area contributed by atoms with Crippen molar-refractivity contribution in [1.29, 1.82) is 0 Å². The maximum absolute atomic E-state index is 13.6. The monoisotopic (exact) mass is 593 g/mol. The van der Waals surface area contributed by atoms with Crippen molar-refractivity contribution in [2.75, 3.05) is 0 Å². The second kappa shape index (κ2) is 13.3. The van der Waals surface area contributed by atoms with E-state index in [1.165, 1.54) is 22.1 Å². The summed E-state index contributed by atoms with van der Waals surface area (Å²) >= 11 is 1.18. The van der Waals surface area contributed by atoms with Gasteiger partial charge in [0, 0.05) is 12.0 Å². The third-order valence-electron chi connectivity index (χ3n) is 6.76. The molecule has 10 nitrogen and oxygen atoms in total. The van der Waals surface area contributed by atoms with Crippen molar-refractivity contribution in [2.24, 2.45) is 5.73 Å². The van der Waals surface area contributed by atoms with Gasteiger partial charge in [0.1, 0.15) is 29.3 Å². The molecule has 0 saturated carbocycles. The first-order valence-corrected chi connectivity index (χ1v) is 14.7. The van der Waals surface area contributed by atoms with E-state index in [1.807, 2.05) is 60.7 Å². The highest BCUT2D eigenvalue weighted by Crippen LogP contribution is 2.40. The van der Waals surface area contributed by atoms with E-state index in [9.17, 15) is 24.0 Å². The molecule has 0 radical (unpaired) electrons. The van der Waals surface area contributed by atoms with Crippen LogP contribution in [0.15, 0.2) is 71.6 Å². The fourth-order valence-corrected chi connectivity index (χ4v) is 5.92. The molecule has 3 unspecified atom stereocenters. The predicted octanol–water partition coefficient (Wildman–Crippen LogP) is 3.01. The summed E-state index contributed by atoms with van der Waals surface area (Å²) in [7, 11) is 0. The Morgan fingerprint density at radius 1 is 1.05 bits per heavy atom. The molecule has 2 amide bonds. The predicted molar refractivity (Wildman–Crippen MR) is 157 cm³/mol. The Morgan fingerprint density at radius 3 is 2.19 bits per heavy atom. The zero-order valence-corrected chi connectivity index (χ0v) is 24.5. The van der Waals surface area contributed by atoms with Crippen LogP contribution in [-0.4, -0.2) is 64.0 Å². The summed E-state index contributed by atoms with van der Waals surface area (Å²) in [6.07, 6.45) is 0.407. The van der Waals surface area contributed by atoms with Crippen LogP contribution in [0.1, 0.15) is 57.3 Å². The van der Waals surface area contributed by atoms with Crippen LogP contribution in [0.4, 0.5) is 0 Å². The number of carbonyl (C=O) groups is 5. The van der Waals surface area contributed by atoms with Crippen molar-refractivity contribution >= 4 is 41.8 Å². The average Bonchev–Trinajstić information content (AvgIpc) is 2.97. The molecule has 1 saturated heterocycles. The number of rotatable bonds is 11. The maximum atomic E-state index is 13.6. The lowest BCUT2D eigenvalue weighted by Gasteiger charge is -2.51. The van der Waals surface area contributed by atoms with Crippen LogP contribution in [0.2, 0.25) is 0 Å². The van der Waals surface area contributed by atoms with Gasteiger partial charge in [-0.3, -0.25) is 19.2 Å². The fraction of sp³-hybridized carbons (Fsp3) is 0.387. The smallest absolute Gasteiger partial charge is 0.334 e. The van der Waals surface area contributed by atoms with Crippen molar-refractivity contribution in [3.63, 3.8) is 0 Å². The van der Waals surface area contributed by atoms with Gasteiger partial charge in [0.25, 0.3) is 0 Å². The van der Waals surface area contributed by atoms with E-state index in [2.05, 4.69) is 5.32 Å². The second-order valence-corrected chi connectivity index (χ2v) is 12.1. The maximum Gasteiger partial charge on any atom is 0.334 e. The molecule has 0 spiro atoms. The Kier molecular flexibility index (Phi) is 9.85. The molecule has 222 valence electrons. The summed E-state index contributed by atoms with van der Waals surface area (Å²) < 4.78 is 11.2. The average molecular weight is 594 g/mol. The minimum atomic E-state index is -1.24. The number of amides is 2. The fourth-order valence-electron chi connectivity index (χ4n) is 4.74. The highest BCUT2D eigenvalue weighted by atomic mass is 32.2. The molecule has 3 N–H and O–H groups in total. The molecule has 2 aliphatic heterocycles. The van der Waals surface area contributed by atoms with E-state index in [0.717, 1.165) is 11.1 Å². The summed E-state index contributed by atoms with van der Waals surface area (Å²) in [6.45, 7) is 5.24. The van der Waals surface area contributed by atoms with E-state index < -0.39 is 53.1 Å². The van der Waals surface area contributed by atoms with E-state index >= 15 is 0 Å². The largest absolute Gasteiger partial charge is 0.459 e. The highest BCUT2D eigenvalue weighted by molar-refractivity contribution is 8.03. The number of benzene rings is 2. The number of esters is 2. The Labute approximate surface area is 249 Å². The van der Waals surface area contributed by atoms with Gasteiger partial charge in [0.2, 0.25) is 11.8 Å². The minimum absolute atomic E-state index is 0.0500. The first-order valence-electron chi connectivity index (χ1n) is 13.7. The van der Waals surface area contributed by atoms with Gasteiger partial charge >= 0.3 is 11.9 Å². The molecule has 0 aromatic heterocycles. The van der Waals surface area contributed by atoms with Gasteiger partial charge in [0.15, 0.2) is 12.1 Å². The van der Waals surface area contributed by atoms with E-state index in [0.29, 0.717) is 12.7 Å². The number of ether oxygens (including phenoxy) is 2. The number of nitrogens with one attached hydrogen (secondary N) is 1. The van der Waals surface area contributed by atoms with E-state index in [4.69, 9.17) is 15.2 Å². The number of hydrogen-bond donors (Lipinski definition) is 2. The third kappa shape index (κ3) is 7.27. The normalized spacial score (nSPS) is 20.5. The van der Waals surface area contributed by atoms with Crippen LogP contribution < -0.4 is 11.1 Å². The van der Waals surface area contributed by atoms with Gasteiger partial charge in [-0.15, -0.1) is 11.8 Å². The van der Waals surface area contributed by atoms with E-state index in [1.54, 1.807) is 20.8 Å². The Morgan fingerprint density at radius 2 is 1.64 bits per heavy atom. The Balaban J connectivity index is 1.39. The van der Waals surface area contributed by atoms with Crippen molar-refractivity contribution in [1.82, 2.24) is 10.2 Å². The summed E-state index contributed by atoms with van der Waals surface area (Å²) in [5.74, 6) is -2.16. The summed E-state index contributed by atoms with van der Waals surface area (Å²) in [4.78, 5) is 64.7. The number of β-lactam (4-membered cyclic amide) rings is 1. The number of aldehydes is 1. The van der Waals surface area contributed by atoms with Crippen LogP contribution in [-0.2, 0) is 33.4 Å². The molecular formula is C31H35N3O7S. The van der Waals surface area contributed by atoms with Gasteiger partial charge in [-0.05, 0) is 50.1 Å². The number of thioether (sulfide) groups is 1. The Hall–Kier alpha value is -3.96. The number of nitrogens with two attached hydrogens (primary N) is 1. The minimum Gasteiger partial charge on any atom is -0.459 e. The molecule has 0 bridgehead atoms. The van der Waals surface area contributed by atoms with Crippen LogP contribution in [0.25, 0.3) is 0 Å². The number of hydrogen-bond acceptors (Lipinski definition) is 9. The van der Waals surface area contributed by atoms with Gasteiger partial charge in [-0.2, -0.15) is 0 Å². The molecule has 42 heavy (non-hydrogen) atoms. The lowest BCUT2D eigenvalue weighted by Crippen LogP contribution is -2.74. The SMILES string of the molecule is CC(C)(C)OC(=O)C(N)CCCC(=O)NC1C(=O)N2C(C(=O)OC(c3ccccc3)c3ccccc3)C(C=O)=CS[C@@H]12. The van der Waals surface area contributed by atoms with Crippen LogP contribution >= 0.6 is 11.8 Å². The van der Waals surface area contributed by atoms with Crippen molar-refractivity contribution in [3.05, 3.63) is 82.8 Å². The summed E-state index contributed by atoms with van der Waals surface area (Å²) in [6, 6.07) is 15.4. The van der Waals surface area contributed by atoms with Gasteiger partial charge in [-0.25, -0.2) is 4.79 Å². The first kappa shape index (κ1) is 31.0. The molecule has 2 aromatic carbocycles. The van der Waals surface area contributed by atoms with Gasteiger partial charge in [0.05, 0.1) is 0 Å². The molecule has 4 rings (SSSR count). The molecule has 0 aliphatic carbocycles. The standard InChI is InChI=1S/C31H35N3O7S/c1-31(2,3)41-29(38)22(32)15-10-16-23(36)33-24-27(37)34-25(21(17-35)18-42-28(24)34)30(39)40-26(19-11-6-4-7-12-19)20-13-8-5-9-14-20/h4-9,11-14,17-18,22,24-26,28H,10,15-16,32H2,1-3H3,(H,33,36)/t22?,24?,25?,28-/m0/s1. The van der Waals surface area contributed by atoms with Gasteiger partial charge in [-0.1, -0.05) is 60.7 Å². The van der Waals surface area contributed by atoms with E-state index in [-0.39, 0.29) is 24.3 Å². The molecule has 2 heterocycles. The number of fused-ring (bicyclic) bond motifs is 1. The van der Waals surface area contributed by atoms with Crippen LogP contribution in [0.3, 0.4) is 0 Å². The highest BCUT2D eigenvalue weighted by Gasteiger charge is 2.56. The zero-order valence-electron chi connectivity index (χ0n) is 23.7. The first-order chi connectivity index (χ1) is 20.0. The molecule has 4 atom stereocenters. The molecule has 2 aromatic rings. The molecule has 1 fully saturated rings. The zero-order chi connectivity index (χ0) is 30.4. The van der Waals surface area contributed by atoms with Crippen LogP contribution in [0.5, 0.6) is 0 Å². The number of nitrogens with zero attached hydrogens (tertiary/aromatic N) is 1. The quantitative estimate of drug-likeness (QED) is 0.228. The van der Waals surface area contributed by atoms with Crippen molar-refractivity contribution < 1.29 is 33.4 Å². The molecule has 2 aliphatic rings. The van der Waals surface area contributed by atoms with Crippen molar-refractivity contribution in [3.8, 4) is 0 Å². The van der Waals surface area contributed by atoms with Crippen LogP contribution in [0, 0.1) is 0 Å². The number of carbonyl (C=O) groups excluding carboxylic acids is 5. The van der Waals surface area contributed by atoms with Crippen molar-refractivity contribution in [2.45, 2.75) is 75.2 Å². The second-order valence-electron chi connectivity index (χ2n) is 11.1. The summed E-state index contributed by atoms with van der Waals surface area (Å²) in [5, 5.41) is 3.66. The lowest BCUT2D eigenvalue weighted by molar-refractivity contribution is -0.165. The third-order valence-corrected chi connectivity index (χ3v) is 7.95. The van der Waals surface area contributed by atoms with Gasteiger partial charge < -0.3 is 25.4 Å². The lowest BCUT2D eigenvalue weighted by atomic mass is 9.97. The Bertz CT molecular complexity index is 1300. The summed E-state index contributed by atoms with van der Waals surface area (Å²) in [5.41, 5.74) is 6.81. The topological polar surface area (TPSA) is 145 Å². The molecular weight excluding hydrogens is 558 g/mol.